The van der Waals surface area contributed by atoms with Crippen LogP contribution in [0.4, 0.5) is 10.2 Å². The number of carboxylic acid groups (broad SMARTS) is 1. The van der Waals surface area contributed by atoms with Crippen molar-refractivity contribution in [3.63, 3.8) is 0 Å². The maximum absolute atomic E-state index is 13.2. The lowest BCUT2D eigenvalue weighted by Crippen LogP contribution is -2.31. The first-order valence-electron chi connectivity index (χ1n) is 6.13. The van der Waals surface area contributed by atoms with Gasteiger partial charge in [-0.1, -0.05) is 6.92 Å². The van der Waals surface area contributed by atoms with Crippen molar-refractivity contribution < 1.29 is 14.3 Å². The molecule has 2 aromatic rings. The summed E-state index contributed by atoms with van der Waals surface area (Å²) in [5.74, 6) is -0.700. The van der Waals surface area contributed by atoms with Crippen molar-refractivity contribution in [2.45, 2.75) is 13.3 Å². The standard InChI is InChI=1S/C14H15FN2O2/c1-2-7-17(9-14(18)19)13-6-4-10-3-5-11(15)8-12(10)16-13/h3-6,8H,2,7,9H2,1H3,(H,18,19). The molecule has 0 aliphatic carbocycles. The van der Waals surface area contributed by atoms with Gasteiger partial charge >= 0.3 is 5.97 Å². The highest BCUT2D eigenvalue weighted by Crippen LogP contribution is 2.19. The van der Waals surface area contributed by atoms with Crippen molar-refractivity contribution in [3.05, 3.63) is 36.1 Å². The van der Waals surface area contributed by atoms with Crippen LogP contribution in [0.3, 0.4) is 0 Å². The predicted molar refractivity (Wildman–Crippen MR) is 71.8 cm³/mol. The summed E-state index contributed by atoms with van der Waals surface area (Å²) in [6.45, 7) is 2.46. The van der Waals surface area contributed by atoms with Gasteiger partial charge in [-0.2, -0.15) is 0 Å². The minimum Gasteiger partial charge on any atom is -0.480 e. The van der Waals surface area contributed by atoms with Crippen LogP contribution in [0.5, 0.6) is 0 Å². The van der Waals surface area contributed by atoms with Crippen LogP contribution < -0.4 is 4.90 Å². The van der Waals surface area contributed by atoms with Crippen molar-refractivity contribution in [2.24, 2.45) is 0 Å². The van der Waals surface area contributed by atoms with Crippen molar-refractivity contribution in [3.8, 4) is 0 Å². The Bertz CT molecular complexity index is 601. The van der Waals surface area contributed by atoms with Crippen molar-refractivity contribution in [1.29, 1.82) is 0 Å². The predicted octanol–water partition coefficient (Wildman–Crippen LogP) is 2.67. The lowest BCUT2D eigenvalue weighted by molar-refractivity contribution is -0.135. The molecule has 0 bridgehead atoms. The van der Waals surface area contributed by atoms with Crippen LogP contribution in [0.25, 0.3) is 10.9 Å². The van der Waals surface area contributed by atoms with E-state index in [2.05, 4.69) is 4.98 Å². The Morgan fingerprint density at radius 1 is 1.37 bits per heavy atom. The highest BCUT2D eigenvalue weighted by Gasteiger charge is 2.11. The molecular weight excluding hydrogens is 247 g/mol. The molecule has 5 heteroatoms. The zero-order valence-electron chi connectivity index (χ0n) is 10.6. The first-order chi connectivity index (χ1) is 9.10. The molecule has 2 rings (SSSR count). The Hall–Kier alpha value is -2.17. The molecule has 0 amide bonds. The van der Waals surface area contributed by atoms with Gasteiger partial charge in [0.15, 0.2) is 0 Å². The summed E-state index contributed by atoms with van der Waals surface area (Å²) < 4.78 is 13.2. The summed E-state index contributed by atoms with van der Waals surface area (Å²) >= 11 is 0. The Balaban J connectivity index is 2.38. The second-order valence-electron chi connectivity index (χ2n) is 4.32. The molecule has 0 fully saturated rings. The number of benzene rings is 1. The van der Waals surface area contributed by atoms with Gasteiger partial charge in [0, 0.05) is 18.0 Å². The van der Waals surface area contributed by atoms with Gasteiger partial charge in [-0.05, 0) is 30.7 Å². The number of halogens is 1. The van der Waals surface area contributed by atoms with E-state index >= 15 is 0 Å². The Morgan fingerprint density at radius 2 is 2.11 bits per heavy atom. The molecule has 0 aliphatic rings. The normalized spacial score (nSPS) is 10.6. The fraction of sp³-hybridized carbons (Fsp3) is 0.286. The summed E-state index contributed by atoms with van der Waals surface area (Å²) in [5.41, 5.74) is 0.531. The fourth-order valence-electron chi connectivity index (χ4n) is 1.96. The highest BCUT2D eigenvalue weighted by atomic mass is 19.1. The molecule has 0 radical (unpaired) electrons. The molecule has 0 unspecified atom stereocenters. The van der Waals surface area contributed by atoms with Gasteiger partial charge in [0.25, 0.3) is 0 Å². The van der Waals surface area contributed by atoms with Gasteiger partial charge in [0.05, 0.1) is 5.52 Å². The number of hydrogen-bond donors (Lipinski definition) is 1. The number of aliphatic carboxylic acids is 1. The number of aromatic nitrogens is 1. The van der Waals surface area contributed by atoms with E-state index in [0.717, 1.165) is 11.8 Å². The number of hydrogen-bond acceptors (Lipinski definition) is 3. The third-order valence-electron chi connectivity index (χ3n) is 2.78. The molecule has 100 valence electrons. The summed E-state index contributed by atoms with van der Waals surface area (Å²) in [7, 11) is 0. The summed E-state index contributed by atoms with van der Waals surface area (Å²) in [6.07, 6.45) is 0.816. The van der Waals surface area contributed by atoms with Crippen LogP contribution in [0.2, 0.25) is 0 Å². The average molecular weight is 262 g/mol. The molecule has 0 saturated heterocycles. The quantitative estimate of drug-likeness (QED) is 0.900. The second-order valence-corrected chi connectivity index (χ2v) is 4.32. The van der Waals surface area contributed by atoms with Gasteiger partial charge in [-0.3, -0.25) is 4.79 Å². The van der Waals surface area contributed by atoms with Gasteiger partial charge in [0.2, 0.25) is 0 Å². The molecule has 0 atom stereocenters. The molecule has 0 aliphatic heterocycles. The van der Waals surface area contributed by atoms with Crippen LogP contribution in [0.1, 0.15) is 13.3 Å². The molecular formula is C14H15FN2O2. The third-order valence-corrected chi connectivity index (χ3v) is 2.78. The number of rotatable bonds is 5. The maximum Gasteiger partial charge on any atom is 0.323 e. The molecule has 1 aromatic heterocycles. The summed E-state index contributed by atoms with van der Waals surface area (Å²) in [5, 5.41) is 9.73. The van der Waals surface area contributed by atoms with E-state index < -0.39 is 5.97 Å². The Kier molecular flexibility index (Phi) is 3.94. The van der Waals surface area contributed by atoms with Crippen LogP contribution >= 0.6 is 0 Å². The van der Waals surface area contributed by atoms with Gasteiger partial charge < -0.3 is 10.0 Å². The lowest BCUT2D eigenvalue weighted by atomic mass is 10.2. The van der Waals surface area contributed by atoms with E-state index in [-0.39, 0.29) is 12.4 Å². The SMILES string of the molecule is CCCN(CC(=O)O)c1ccc2ccc(F)cc2n1. The van der Waals surface area contributed by atoms with Crippen LogP contribution in [0, 0.1) is 5.82 Å². The van der Waals surface area contributed by atoms with Gasteiger partial charge in [-0.25, -0.2) is 9.37 Å². The van der Waals surface area contributed by atoms with Crippen molar-refractivity contribution in [1.82, 2.24) is 4.98 Å². The van der Waals surface area contributed by atoms with Gasteiger partial charge in [-0.15, -0.1) is 0 Å². The number of carbonyl (C=O) groups is 1. The third kappa shape index (κ3) is 3.19. The van der Waals surface area contributed by atoms with Crippen molar-refractivity contribution >= 4 is 22.7 Å². The zero-order chi connectivity index (χ0) is 13.8. The van der Waals surface area contributed by atoms with Crippen LogP contribution in [-0.4, -0.2) is 29.1 Å². The number of anilines is 1. The first kappa shape index (κ1) is 13.3. The molecule has 1 aromatic carbocycles. The zero-order valence-corrected chi connectivity index (χ0v) is 10.6. The first-order valence-corrected chi connectivity index (χ1v) is 6.13. The van der Waals surface area contributed by atoms with E-state index in [1.165, 1.54) is 12.1 Å². The molecule has 1 N–H and O–H groups in total. The monoisotopic (exact) mass is 262 g/mol. The minimum atomic E-state index is -0.908. The number of carboxylic acids is 1. The molecule has 0 saturated carbocycles. The van der Waals surface area contributed by atoms with Crippen molar-refractivity contribution in [2.75, 3.05) is 18.0 Å². The number of fused-ring (bicyclic) bond motifs is 1. The number of pyridine rings is 1. The molecule has 1 heterocycles. The highest BCUT2D eigenvalue weighted by molar-refractivity contribution is 5.81. The largest absolute Gasteiger partial charge is 0.480 e. The van der Waals surface area contributed by atoms with Crippen LogP contribution in [-0.2, 0) is 4.79 Å². The average Bonchev–Trinajstić information content (AvgIpc) is 2.37. The van der Waals surface area contributed by atoms with E-state index in [0.29, 0.717) is 17.9 Å². The van der Waals surface area contributed by atoms with E-state index in [4.69, 9.17) is 5.11 Å². The fourth-order valence-corrected chi connectivity index (χ4v) is 1.96. The molecule has 0 spiro atoms. The minimum absolute atomic E-state index is 0.109. The Morgan fingerprint density at radius 3 is 2.79 bits per heavy atom. The smallest absolute Gasteiger partial charge is 0.323 e. The Labute approximate surface area is 110 Å². The lowest BCUT2D eigenvalue weighted by Gasteiger charge is -2.21. The van der Waals surface area contributed by atoms with Gasteiger partial charge in [0.1, 0.15) is 18.2 Å². The number of nitrogens with zero attached hydrogens (tertiary/aromatic N) is 2. The van der Waals surface area contributed by atoms with E-state index in [1.54, 1.807) is 17.0 Å². The summed E-state index contributed by atoms with van der Waals surface area (Å²) in [6, 6.07) is 7.97. The topological polar surface area (TPSA) is 53.4 Å². The maximum atomic E-state index is 13.2. The second kappa shape index (κ2) is 5.65. The molecule has 19 heavy (non-hydrogen) atoms. The van der Waals surface area contributed by atoms with E-state index in [9.17, 15) is 9.18 Å². The van der Waals surface area contributed by atoms with Crippen LogP contribution in [0.15, 0.2) is 30.3 Å². The summed E-state index contributed by atoms with van der Waals surface area (Å²) in [4.78, 5) is 16.9. The van der Waals surface area contributed by atoms with E-state index in [1.807, 2.05) is 13.0 Å². The molecule has 4 nitrogen and oxygen atoms in total.